The Labute approximate surface area is 741 Å². The molecule has 702 valence electrons. The second-order valence-electron chi connectivity index (χ2n) is 31.9. The van der Waals surface area contributed by atoms with E-state index in [1.165, 1.54) is 60.4 Å². The summed E-state index contributed by atoms with van der Waals surface area (Å²) in [5.41, 5.74) is 6.70. The molecule has 0 radical (unpaired) electrons. The predicted molar refractivity (Wildman–Crippen MR) is 460 cm³/mol. The van der Waals surface area contributed by atoms with Gasteiger partial charge in [0.15, 0.2) is 0 Å². The van der Waals surface area contributed by atoms with Crippen LogP contribution >= 0.6 is 22.7 Å². The van der Waals surface area contributed by atoms with Gasteiger partial charge in [0.1, 0.15) is 69.8 Å². The van der Waals surface area contributed by atoms with Gasteiger partial charge < -0.3 is 119 Å². The number of amides is 8. The highest BCUT2D eigenvalue weighted by Crippen LogP contribution is 2.31. The largest absolute Gasteiger partial charge is 0.480 e. The van der Waals surface area contributed by atoms with Gasteiger partial charge >= 0.3 is 89.8 Å². The van der Waals surface area contributed by atoms with Crippen molar-refractivity contribution >= 4 is 128 Å². The van der Waals surface area contributed by atoms with E-state index < -0.39 is 107 Å². The molecule has 8 N–H and O–H groups in total. The number of piperazine rings is 4. The van der Waals surface area contributed by atoms with Crippen molar-refractivity contribution in [3.05, 3.63) is 93.2 Å². The number of carbonyl (C=O) groups excluding carboxylic acids is 14. The van der Waals surface area contributed by atoms with Gasteiger partial charge in [-0.1, -0.05) is 83.3 Å². The maximum absolute atomic E-state index is 12.3. The molecule has 4 aliphatic heterocycles. The van der Waals surface area contributed by atoms with Crippen molar-refractivity contribution in [1.82, 2.24) is 55.7 Å². The van der Waals surface area contributed by atoms with Gasteiger partial charge in [0.25, 0.3) is 0 Å². The number of anilines is 2. The lowest BCUT2D eigenvalue weighted by atomic mass is 10.2. The normalized spacial score (nSPS) is 14.6. The molecule has 4 aliphatic rings. The molecule has 2 aromatic heterocycles. The van der Waals surface area contributed by atoms with Crippen LogP contribution in [0, 0.1) is 13.8 Å². The van der Waals surface area contributed by atoms with Crippen molar-refractivity contribution in [3.8, 4) is 0 Å². The zero-order valence-electron chi connectivity index (χ0n) is 75.7. The number of aliphatic carboxylic acids is 1. The first kappa shape index (κ1) is 110. The van der Waals surface area contributed by atoms with E-state index in [-0.39, 0.29) is 47.4 Å². The number of ether oxygens (including phenoxy) is 10. The summed E-state index contributed by atoms with van der Waals surface area (Å²) in [5, 5.41) is 29.2. The fourth-order valence-electron chi connectivity index (χ4n) is 10.3. The number of carboxylic acid groups (broad SMARTS) is 2. The lowest BCUT2D eigenvalue weighted by Gasteiger charge is -2.36. The number of aromatic carboxylic acids is 1. The smallest absolute Gasteiger partial charge is 0.410 e. The molecule has 126 heavy (non-hydrogen) atoms. The van der Waals surface area contributed by atoms with E-state index >= 15 is 0 Å². The average Bonchev–Trinajstić information content (AvgIpc) is 1.67. The molecule has 8 rings (SSSR count). The molecule has 42 nitrogen and oxygen atoms in total. The third kappa shape index (κ3) is 42.6. The number of carbonyl (C=O) groups is 16. The number of nitrogens with two attached hydrogens (primary N) is 1. The number of rotatable bonds is 15. The van der Waals surface area contributed by atoms with Gasteiger partial charge in [0.05, 0.1) is 39.8 Å². The molecule has 0 spiro atoms. The predicted octanol–water partition coefficient (Wildman–Crippen LogP) is 5.31. The Balaban J connectivity index is 0.000000505. The van der Waals surface area contributed by atoms with Gasteiger partial charge in [-0.25, -0.2) is 57.9 Å². The third-order valence-corrected chi connectivity index (χ3v) is 19.0. The maximum atomic E-state index is 12.3. The van der Waals surface area contributed by atoms with Crippen LogP contribution in [-0.2, 0) is 109 Å². The molecule has 44 heteroatoms. The van der Waals surface area contributed by atoms with E-state index in [0.29, 0.717) is 95.8 Å². The summed E-state index contributed by atoms with van der Waals surface area (Å²) in [5.74, 6) is -10.2. The summed E-state index contributed by atoms with van der Waals surface area (Å²) >= 11 is 2.50. The topological polar surface area (TPSA) is 528 Å². The number of aryl methyl sites for hydroxylation is 2. The summed E-state index contributed by atoms with van der Waals surface area (Å²) in [6.07, 6.45) is -1.21. The van der Waals surface area contributed by atoms with E-state index in [1.807, 2.05) is 135 Å². The minimum Gasteiger partial charge on any atom is -0.480 e. The number of thiazole rings is 2. The summed E-state index contributed by atoms with van der Waals surface area (Å²) < 4.78 is 48.5. The molecule has 4 aromatic rings. The molecule has 0 saturated carbocycles. The molecule has 8 amide bonds. The maximum Gasteiger partial charge on any atom is 0.410 e. The van der Waals surface area contributed by atoms with Crippen molar-refractivity contribution in [2.75, 3.05) is 143 Å². The number of benzene rings is 2. The molecular formula is C82H124N14O28S2. The molecule has 0 aliphatic carbocycles. The van der Waals surface area contributed by atoms with Crippen LogP contribution in [0.5, 0.6) is 0 Å². The van der Waals surface area contributed by atoms with Crippen LogP contribution in [0.15, 0.2) is 60.7 Å². The van der Waals surface area contributed by atoms with Crippen molar-refractivity contribution in [1.29, 1.82) is 0 Å². The SMILES string of the molecule is CC(C)(C)OC(=O)N1CCNCC1.CC(N)C(=O)OCc1ccccc1.COC(=O)C(=O)NC(C)C(=O)N1CCN(C(=O)OC(C)(C)C)CC1.COC(=O)C(=O)NC(C)C(=O)O.COC(=O)C(=O)NC(C)C(=O)OCc1ccccc1.COC(=O)c1nc(C)c(N2CCN(C(=O)OC(C)(C)C)CC2)s1.Cc1nc(C(=O)O)sc1N1CCN(C(=O)OC(C)(C)C)CC1. The minimum absolute atomic E-state index is 0.0991. The van der Waals surface area contributed by atoms with E-state index in [9.17, 15) is 76.7 Å². The Bertz CT molecular complexity index is 4240. The minimum atomic E-state index is -1.22. The van der Waals surface area contributed by atoms with Crippen molar-refractivity contribution < 1.29 is 134 Å². The molecule has 4 fully saturated rings. The van der Waals surface area contributed by atoms with Gasteiger partial charge in [-0.05, 0) is 136 Å². The standard InChI is InChI=1S/C15H25N3O6.C15H23N3O4S.C14H21N3O4S.C13H15NO5.C10H13NO2.C9H18N2O2.C6H9NO5/c1-10(16-11(19)13(21)23-5)12(20)17-6-8-18(9-7-17)14(22)24-15(2,3)4;1-10-12(23-11(16-10)13(19)21-5)17-6-8-18(9-7-17)14(20)22-15(2,3)4;1-9-11(22-10(15-9)12(18)19)16-5-7-17(8-6-16)13(20)21-14(2,3)4;1-9(14-11(15)13(17)18-2)12(16)19-8-10-6-4-3-5-7-10;1-8(11)10(12)13-7-9-5-3-2-4-6-9;1-9(2,3)13-8(12)11-6-4-10-5-7-11;1-3(5(9)10)7-4(8)6(11)12-2/h10H,6-9H2,1-5H3,(H,16,19);6-9H2,1-5H3;5-8H2,1-4H3,(H,18,19);3-7,9H,8H2,1-2H3,(H,14,15);2-6,8H,7,11H2,1H3;10H,4-7H2,1-3H3;3H,1-2H3,(H,7,8)(H,9,10). The molecule has 4 saturated heterocycles. The van der Waals surface area contributed by atoms with Crippen LogP contribution in [0.4, 0.5) is 29.2 Å². The van der Waals surface area contributed by atoms with E-state index in [1.54, 1.807) is 49.3 Å². The lowest BCUT2D eigenvalue weighted by Crippen LogP contribution is -2.56. The van der Waals surface area contributed by atoms with Crippen molar-refractivity contribution in [2.45, 2.75) is 184 Å². The molecule has 4 atom stereocenters. The van der Waals surface area contributed by atoms with Crippen LogP contribution in [0.25, 0.3) is 0 Å². The number of carboxylic acids is 2. The zero-order chi connectivity index (χ0) is 95.7. The summed E-state index contributed by atoms with van der Waals surface area (Å²) in [7, 11) is 4.55. The quantitative estimate of drug-likeness (QED) is 0.0450. The lowest BCUT2D eigenvalue weighted by molar-refractivity contribution is -0.155. The fraction of sp³-hybridized carbons (Fsp3) is 0.585. The Hall–Kier alpha value is -12.1. The zero-order valence-corrected chi connectivity index (χ0v) is 77.4. The number of nitrogens with zero attached hydrogens (tertiary/aromatic N) is 9. The summed E-state index contributed by atoms with van der Waals surface area (Å²) in [4.78, 5) is 201. The second kappa shape index (κ2) is 53.3. The molecule has 6 heterocycles. The third-order valence-electron chi connectivity index (χ3n) is 16.6. The first-order valence-electron chi connectivity index (χ1n) is 39.9. The molecular weight excluding hydrogens is 1690 g/mol. The van der Waals surface area contributed by atoms with Crippen LogP contribution in [-0.4, -0.2) is 320 Å². The van der Waals surface area contributed by atoms with Gasteiger partial charge in [0, 0.05) is 105 Å². The van der Waals surface area contributed by atoms with E-state index in [4.69, 9.17) is 49.1 Å². The van der Waals surface area contributed by atoms with Crippen LogP contribution in [0.3, 0.4) is 0 Å². The highest BCUT2D eigenvalue weighted by atomic mass is 32.1. The first-order chi connectivity index (χ1) is 58.6. The van der Waals surface area contributed by atoms with Crippen LogP contribution in [0.1, 0.15) is 153 Å². The highest BCUT2D eigenvalue weighted by Gasteiger charge is 2.34. The number of methoxy groups -OCH3 is 4. The Morgan fingerprint density at radius 3 is 1.03 bits per heavy atom. The van der Waals surface area contributed by atoms with E-state index in [2.05, 4.69) is 49.9 Å². The molecule has 4 unspecified atom stereocenters. The Morgan fingerprint density at radius 2 is 0.722 bits per heavy atom. The first-order valence-corrected chi connectivity index (χ1v) is 41.5. The van der Waals surface area contributed by atoms with Crippen LogP contribution < -0.4 is 36.8 Å². The van der Waals surface area contributed by atoms with Gasteiger partial charge in [-0.2, -0.15) is 0 Å². The number of hydrogen-bond donors (Lipinski definition) is 7. The highest BCUT2D eigenvalue weighted by molar-refractivity contribution is 7.18. The number of esters is 6. The average molecular weight is 1820 g/mol. The Kier molecular flexibility index (Phi) is 46.5. The monoisotopic (exact) mass is 1820 g/mol. The molecule has 0 bridgehead atoms. The molecule has 2 aromatic carbocycles. The number of nitrogens with one attached hydrogen (secondary N) is 4. The fourth-order valence-corrected chi connectivity index (χ4v) is 12.3. The second-order valence-corrected chi connectivity index (χ2v) is 33.9. The van der Waals surface area contributed by atoms with Crippen molar-refractivity contribution in [3.63, 3.8) is 0 Å². The number of hydrogen-bond acceptors (Lipinski definition) is 34. The van der Waals surface area contributed by atoms with Gasteiger partial charge in [-0.3, -0.25) is 28.8 Å². The summed E-state index contributed by atoms with van der Waals surface area (Å²) in [6, 6.07) is 15.2. The summed E-state index contributed by atoms with van der Waals surface area (Å²) in [6.45, 7) is 41.4. The van der Waals surface area contributed by atoms with E-state index in [0.717, 1.165) is 74.3 Å². The Morgan fingerprint density at radius 1 is 0.421 bits per heavy atom. The number of aromatic nitrogens is 2. The van der Waals surface area contributed by atoms with Gasteiger partial charge in [0.2, 0.25) is 15.9 Å². The van der Waals surface area contributed by atoms with Crippen molar-refractivity contribution in [2.24, 2.45) is 5.73 Å². The van der Waals surface area contributed by atoms with Gasteiger partial charge in [-0.15, -0.1) is 0 Å². The van der Waals surface area contributed by atoms with Crippen LogP contribution in [0.2, 0.25) is 0 Å².